The third-order valence-corrected chi connectivity index (χ3v) is 14.9. The monoisotopic (exact) mass is 977 g/mol. The number of aryl methyl sites for hydroxylation is 1. The molecule has 346 valence electrons. The highest BCUT2D eigenvalue weighted by atomic mass is 31.3. The Kier molecular flexibility index (Phi) is 12.8. The molecule has 2 fully saturated rings. The van der Waals surface area contributed by atoms with Gasteiger partial charge in [0.05, 0.1) is 39.3 Å². The van der Waals surface area contributed by atoms with Gasteiger partial charge >= 0.3 is 36.6 Å². The number of aliphatic hydroxyl groups excluding tert-OH is 4. The van der Waals surface area contributed by atoms with Crippen molar-refractivity contribution in [3.05, 3.63) is 39.6 Å². The van der Waals surface area contributed by atoms with Gasteiger partial charge in [0.1, 0.15) is 36.6 Å². The second-order valence-corrected chi connectivity index (χ2v) is 20.2. The van der Waals surface area contributed by atoms with Crippen LogP contribution in [-0.4, -0.2) is 145 Å². The highest BCUT2D eigenvalue weighted by Gasteiger charge is 2.50. The first-order chi connectivity index (χ1) is 29.3. The number of aliphatic hydroxyl groups is 4. The van der Waals surface area contributed by atoms with E-state index in [9.17, 15) is 67.8 Å². The van der Waals surface area contributed by atoms with Crippen LogP contribution in [0.3, 0.4) is 0 Å². The average molecular weight is 978 g/mol. The van der Waals surface area contributed by atoms with Gasteiger partial charge in [0, 0.05) is 6.54 Å². The summed E-state index contributed by atoms with van der Waals surface area (Å²) in [5.74, 6) is -0.553. The fourth-order valence-corrected chi connectivity index (χ4v) is 11.0. The minimum absolute atomic E-state index is 0.00276. The molecule has 2 saturated heterocycles. The largest absolute Gasteiger partial charge is 0.488 e. The molecule has 0 aromatic carbocycles. The Labute approximate surface area is 347 Å². The normalized spacial score (nSPS) is 28.0. The van der Waals surface area contributed by atoms with Gasteiger partial charge in [0.2, 0.25) is 17.7 Å². The maximum Gasteiger partial charge on any atom is 0.488 e. The Hall–Kier alpha value is -4.24. The van der Waals surface area contributed by atoms with Crippen LogP contribution in [0.5, 0.6) is 0 Å². The van der Waals surface area contributed by atoms with Crippen LogP contribution >= 0.6 is 31.0 Å². The molecule has 0 radical (unpaired) electrons. The zero-order chi connectivity index (χ0) is 46.0. The lowest BCUT2D eigenvalue weighted by molar-refractivity contribution is -0.745. The molecule has 0 bridgehead atoms. The number of imidazole rings is 2. The molecule has 34 nitrogen and oxygen atoms in total. The van der Waals surface area contributed by atoms with Crippen LogP contribution in [-0.2, 0) is 59.0 Å². The van der Waals surface area contributed by atoms with E-state index in [1.807, 2.05) is 0 Å². The zero-order valence-corrected chi connectivity index (χ0v) is 35.2. The van der Waals surface area contributed by atoms with Gasteiger partial charge in [-0.2, -0.15) is 9.29 Å². The summed E-state index contributed by atoms with van der Waals surface area (Å²) < 4.78 is 84.2. The molecule has 7 rings (SSSR count). The molecule has 0 aliphatic carbocycles. The molecule has 5 aromatic rings. The van der Waals surface area contributed by atoms with Crippen LogP contribution < -0.4 is 37.7 Å². The van der Waals surface area contributed by atoms with Crippen LogP contribution in [0.2, 0.25) is 0 Å². The number of nitrogens with two attached hydrogens (primary N) is 2. The average Bonchev–Trinajstić information content (AvgIpc) is 3.99. The number of aromatic nitrogens is 11. The van der Waals surface area contributed by atoms with E-state index in [0.29, 0.717) is 6.20 Å². The van der Waals surface area contributed by atoms with E-state index in [1.165, 1.54) is 17.9 Å². The lowest BCUT2D eigenvalue weighted by atomic mass is 10.1. The van der Waals surface area contributed by atoms with E-state index in [2.05, 4.69) is 53.5 Å². The Balaban J connectivity index is 0.882. The van der Waals surface area contributed by atoms with Gasteiger partial charge in [0.25, 0.3) is 17.1 Å². The fraction of sp³-hybridized carbons (Fsp3) is 0.520. The number of nitrogens with one attached hydrogen (secondary N) is 3. The topological polar surface area (TPSA) is 498 Å². The van der Waals surface area contributed by atoms with Crippen LogP contribution in [0.25, 0.3) is 22.3 Å². The molecular weight excluding hydrogens is 940 g/mol. The molecule has 12 atom stereocenters. The first-order valence-electron chi connectivity index (χ1n) is 17.6. The van der Waals surface area contributed by atoms with E-state index in [0.717, 1.165) is 20.1 Å². The number of nitrogen functional groups attached to an aromatic ring is 2. The number of H-pyrrole nitrogens is 2. The number of aromatic amines is 2. The Morgan fingerprint density at radius 2 is 1.52 bits per heavy atom. The van der Waals surface area contributed by atoms with E-state index < -0.39 is 116 Å². The Bertz CT molecular complexity index is 2850. The predicted octanol–water partition coefficient (Wildman–Crippen LogP) is -5.86. The Morgan fingerprint density at radius 3 is 2.25 bits per heavy atom. The van der Waals surface area contributed by atoms with Crippen molar-refractivity contribution in [3.8, 4) is 0 Å². The molecule has 0 spiro atoms. The molecule has 0 saturated carbocycles. The molecule has 0 amide bonds. The number of nitrogens with zero attached hydrogens (tertiary/aromatic N) is 9. The van der Waals surface area contributed by atoms with Crippen molar-refractivity contribution in [2.24, 2.45) is 7.05 Å². The lowest BCUT2D eigenvalue weighted by Crippen LogP contribution is -2.46. The lowest BCUT2D eigenvalue weighted by Gasteiger charge is -2.19. The van der Waals surface area contributed by atoms with Crippen molar-refractivity contribution in [1.29, 1.82) is 0 Å². The standard InChI is InChI=1S/C25H36N14O20P4/c1-36-8-39(19-13(36)21(45)33-25(27)31-19)23-17(43)15(41)10(57-23)6-55-62(50,51)59-63(52,53)58-60(46,47)11-4-37(35-34-11)3-2-29-61(48,49)54-5-9-14(40)16(42)22(56-9)38-7-28-12-18(38)30-24(26)32-20(12)44/h4,7-10,14-17,22-23,40-43H,2-3,5-6H2,1H3,(H10-,26,27,29,30,31,32,33,44,45,46,47,48,49,50,51,52,53)/p+1/t9-,10-,14?,15?,16+,17+,22-,23-/m1/s1. The summed E-state index contributed by atoms with van der Waals surface area (Å²) in [6, 6.07) is 0. The fourth-order valence-electron chi connectivity index (χ4n) is 6.35. The Morgan fingerprint density at radius 1 is 0.873 bits per heavy atom. The number of rotatable bonds is 17. The third-order valence-electron chi connectivity index (χ3n) is 9.17. The molecular formula is C25H37N14O20P4+. The van der Waals surface area contributed by atoms with Crippen molar-refractivity contribution in [1.82, 2.24) is 54.1 Å². The summed E-state index contributed by atoms with van der Waals surface area (Å²) in [4.78, 5) is 81.7. The van der Waals surface area contributed by atoms with Gasteiger partial charge in [-0.15, -0.1) is 5.10 Å². The summed E-state index contributed by atoms with van der Waals surface area (Å²) in [5.41, 5.74) is 8.58. The second-order valence-electron chi connectivity index (χ2n) is 13.6. The quantitative estimate of drug-likeness (QED) is 0.0305. The number of hydrogen-bond acceptors (Lipinski definition) is 23. The van der Waals surface area contributed by atoms with Crippen LogP contribution in [0.1, 0.15) is 12.5 Å². The number of anilines is 2. The molecule has 7 heterocycles. The van der Waals surface area contributed by atoms with Gasteiger partial charge in [-0.3, -0.25) is 47.0 Å². The molecule has 15 N–H and O–H groups in total. The third kappa shape index (κ3) is 9.89. The summed E-state index contributed by atoms with van der Waals surface area (Å²) >= 11 is 0. The summed E-state index contributed by atoms with van der Waals surface area (Å²) in [6.07, 6.45) is -9.62. The SMILES string of the molecule is Cn1c[n+]([C@@H]2O[C@H](COP(=O)(O)OP(=O)(O)OP(=O)(O)c3cn(CCNP(=O)(O)OC[C@H]4O[C@@H](n5cnc6c(=O)[nH]c(N)nc65)[C@@H](O)C4O)nn3)C(O)[C@@H]2O)c2nc(N)[nH]c(=O)c21. The van der Waals surface area contributed by atoms with Crippen molar-refractivity contribution in [2.75, 3.05) is 31.2 Å². The van der Waals surface area contributed by atoms with E-state index in [-0.39, 0.29) is 40.8 Å². The van der Waals surface area contributed by atoms with E-state index in [4.69, 9.17) is 25.5 Å². The van der Waals surface area contributed by atoms with Crippen molar-refractivity contribution in [3.63, 3.8) is 0 Å². The molecule has 2 aliphatic rings. The highest BCUT2D eigenvalue weighted by molar-refractivity contribution is 7.71. The first-order valence-corrected chi connectivity index (χ1v) is 23.7. The maximum atomic E-state index is 12.8. The van der Waals surface area contributed by atoms with Crippen LogP contribution in [0, 0.1) is 0 Å². The van der Waals surface area contributed by atoms with Crippen LogP contribution in [0.4, 0.5) is 11.9 Å². The van der Waals surface area contributed by atoms with Crippen molar-refractivity contribution >= 4 is 70.6 Å². The first kappa shape index (κ1) is 46.7. The number of phosphoric acid groups is 2. The van der Waals surface area contributed by atoms with Crippen LogP contribution in [0.15, 0.2) is 28.4 Å². The molecule has 2 aliphatic heterocycles. The number of phosphoric ester groups is 1. The summed E-state index contributed by atoms with van der Waals surface area (Å²) in [6.45, 7) is -2.68. The molecule has 38 heteroatoms. The molecule has 6 unspecified atom stereocenters. The minimum Gasteiger partial charge on any atom is -0.387 e. The van der Waals surface area contributed by atoms with Gasteiger partial charge in [-0.25, -0.2) is 32.6 Å². The predicted molar refractivity (Wildman–Crippen MR) is 201 cm³/mol. The highest BCUT2D eigenvalue weighted by Crippen LogP contribution is 2.67. The number of fused-ring (bicyclic) bond motifs is 2. The van der Waals surface area contributed by atoms with Gasteiger partial charge in [-0.05, 0) is 0 Å². The van der Waals surface area contributed by atoms with E-state index >= 15 is 0 Å². The second kappa shape index (κ2) is 17.3. The van der Waals surface area contributed by atoms with Gasteiger partial charge < -0.3 is 60.9 Å². The van der Waals surface area contributed by atoms with Gasteiger partial charge in [0.15, 0.2) is 29.2 Å². The summed E-state index contributed by atoms with van der Waals surface area (Å²) in [7, 11) is -20.4. The number of ether oxygens (including phenoxy) is 2. The maximum absolute atomic E-state index is 12.8. The van der Waals surface area contributed by atoms with E-state index in [1.54, 1.807) is 0 Å². The number of hydrogen-bond donors (Lipinski definition) is 13. The van der Waals surface area contributed by atoms with Crippen molar-refractivity contribution in [2.45, 2.75) is 55.6 Å². The zero-order valence-electron chi connectivity index (χ0n) is 31.6. The summed E-state index contributed by atoms with van der Waals surface area (Å²) in [5, 5.41) is 51.3. The molecule has 63 heavy (non-hydrogen) atoms. The molecule has 5 aromatic heterocycles. The van der Waals surface area contributed by atoms with Gasteiger partial charge in [-0.1, -0.05) is 10.2 Å². The smallest absolute Gasteiger partial charge is 0.387 e. The minimum atomic E-state index is -5.99. The van der Waals surface area contributed by atoms with Crippen molar-refractivity contribution < 1.29 is 90.0 Å².